The molecule has 1 fully saturated rings. The van der Waals surface area contributed by atoms with Crippen LogP contribution in [0.25, 0.3) is 0 Å². The lowest BCUT2D eigenvalue weighted by atomic mass is 10.3. The summed E-state index contributed by atoms with van der Waals surface area (Å²) in [7, 11) is 1.49. The molecule has 1 rings (SSSR count). The molecule has 0 bridgehead atoms. The van der Waals surface area contributed by atoms with Gasteiger partial charge in [-0.05, 0) is 19.8 Å². The Morgan fingerprint density at radius 3 is 2.50 bits per heavy atom. The average Bonchev–Trinajstić information content (AvgIpc) is 3.09. The lowest BCUT2D eigenvalue weighted by Crippen LogP contribution is -2.49. The Morgan fingerprint density at radius 2 is 2.00 bits per heavy atom. The number of rotatable bonds is 6. The molecule has 0 saturated heterocycles. The first kappa shape index (κ1) is 14.3. The van der Waals surface area contributed by atoms with Gasteiger partial charge in [-0.3, -0.25) is 9.59 Å². The molecule has 1 aliphatic rings. The summed E-state index contributed by atoms with van der Waals surface area (Å²) in [5, 5.41) is 13.8. The summed E-state index contributed by atoms with van der Waals surface area (Å²) in [6.07, 6.45) is 1.86. The van der Waals surface area contributed by atoms with Crippen molar-refractivity contribution in [1.29, 1.82) is 0 Å². The van der Waals surface area contributed by atoms with Crippen LogP contribution in [0.5, 0.6) is 0 Å². The van der Waals surface area contributed by atoms with Crippen LogP contribution in [0.15, 0.2) is 0 Å². The van der Waals surface area contributed by atoms with E-state index >= 15 is 0 Å². The summed E-state index contributed by atoms with van der Waals surface area (Å²) in [6.45, 7) is 1.71. The summed E-state index contributed by atoms with van der Waals surface area (Å²) >= 11 is 0. The molecular weight excluding hydrogens is 238 g/mol. The minimum atomic E-state index is -0.964. The topological polar surface area (TPSA) is 98.7 Å². The number of carbonyl (C=O) groups excluding carboxylic acids is 2. The predicted molar refractivity (Wildman–Crippen MR) is 64.0 cm³/mol. The van der Waals surface area contributed by atoms with Gasteiger partial charge in [0, 0.05) is 19.6 Å². The van der Waals surface area contributed by atoms with E-state index in [4.69, 9.17) is 5.11 Å². The van der Waals surface area contributed by atoms with Crippen molar-refractivity contribution >= 4 is 17.9 Å². The first-order chi connectivity index (χ1) is 8.40. The number of carboxylic acid groups (broad SMARTS) is 1. The van der Waals surface area contributed by atoms with Crippen LogP contribution in [0.3, 0.4) is 0 Å². The SMILES string of the molecule is CC(NC(=O)N(C)CCC(=O)O)C(=O)NC1CC1. The highest BCUT2D eigenvalue weighted by Crippen LogP contribution is 2.18. The molecule has 3 amide bonds. The number of hydrogen-bond donors (Lipinski definition) is 3. The Kier molecular flexibility index (Phi) is 4.94. The Labute approximate surface area is 106 Å². The maximum Gasteiger partial charge on any atom is 0.317 e. The first-order valence-electron chi connectivity index (χ1n) is 5.94. The van der Waals surface area contributed by atoms with Gasteiger partial charge >= 0.3 is 12.0 Å². The van der Waals surface area contributed by atoms with E-state index in [0.29, 0.717) is 0 Å². The molecule has 0 radical (unpaired) electrons. The largest absolute Gasteiger partial charge is 0.481 e. The molecule has 0 aromatic carbocycles. The second kappa shape index (κ2) is 6.23. The summed E-state index contributed by atoms with van der Waals surface area (Å²) in [4.78, 5) is 34.8. The van der Waals surface area contributed by atoms with Gasteiger partial charge in [-0.1, -0.05) is 0 Å². The lowest BCUT2D eigenvalue weighted by molar-refractivity contribution is -0.137. The molecule has 1 aliphatic carbocycles. The zero-order valence-corrected chi connectivity index (χ0v) is 10.6. The highest BCUT2D eigenvalue weighted by atomic mass is 16.4. The van der Waals surface area contributed by atoms with Crippen molar-refractivity contribution in [2.45, 2.75) is 38.3 Å². The molecule has 0 heterocycles. The fourth-order valence-corrected chi connectivity index (χ4v) is 1.28. The summed E-state index contributed by atoms with van der Waals surface area (Å²) < 4.78 is 0. The molecular formula is C11H19N3O4. The number of urea groups is 1. The van der Waals surface area contributed by atoms with Crippen molar-refractivity contribution in [2.75, 3.05) is 13.6 Å². The number of nitrogens with one attached hydrogen (secondary N) is 2. The van der Waals surface area contributed by atoms with Crippen molar-refractivity contribution in [1.82, 2.24) is 15.5 Å². The standard InChI is InChI=1S/C11H19N3O4/c1-7(10(17)13-8-3-4-8)12-11(18)14(2)6-5-9(15)16/h7-8H,3-6H2,1-2H3,(H,12,18)(H,13,17)(H,15,16). The van der Waals surface area contributed by atoms with Crippen LogP contribution >= 0.6 is 0 Å². The van der Waals surface area contributed by atoms with Gasteiger partial charge in [-0.2, -0.15) is 0 Å². The quantitative estimate of drug-likeness (QED) is 0.612. The molecule has 0 spiro atoms. The molecule has 7 heteroatoms. The summed E-state index contributed by atoms with van der Waals surface area (Å²) in [5.41, 5.74) is 0. The molecule has 0 aliphatic heterocycles. The Morgan fingerprint density at radius 1 is 1.39 bits per heavy atom. The molecule has 102 valence electrons. The van der Waals surface area contributed by atoms with Gasteiger partial charge in [0.05, 0.1) is 6.42 Å². The minimum absolute atomic E-state index is 0.109. The van der Waals surface area contributed by atoms with Gasteiger partial charge in [0.1, 0.15) is 6.04 Å². The van der Waals surface area contributed by atoms with Gasteiger partial charge < -0.3 is 20.6 Å². The van der Waals surface area contributed by atoms with Gasteiger partial charge in [0.2, 0.25) is 5.91 Å². The molecule has 1 atom stereocenters. The van der Waals surface area contributed by atoms with Crippen LogP contribution in [0.2, 0.25) is 0 Å². The molecule has 7 nitrogen and oxygen atoms in total. The average molecular weight is 257 g/mol. The van der Waals surface area contributed by atoms with Crippen molar-refractivity contribution in [3.05, 3.63) is 0 Å². The Hall–Kier alpha value is -1.79. The van der Waals surface area contributed by atoms with Gasteiger partial charge in [-0.15, -0.1) is 0 Å². The fraction of sp³-hybridized carbons (Fsp3) is 0.727. The van der Waals surface area contributed by atoms with Gasteiger partial charge in [0.25, 0.3) is 0 Å². The number of carboxylic acids is 1. The van der Waals surface area contributed by atoms with Crippen LogP contribution in [-0.4, -0.2) is 53.6 Å². The molecule has 1 unspecified atom stereocenters. The van der Waals surface area contributed by atoms with Crippen LogP contribution in [0.1, 0.15) is 26.2 Å². The zero-order chi connectivity index (χ0) is 13.7. The normalized spacial score (nSPS) is 15.7. The van der Waals surface area contributed by atoms with Crippen molar-refractivity contribution in [3.8, 4) is 0 Å². The Balaban J connectivity index is 2.28. The van der Waals surface area contributed by atoms with Crippen molar-refractivity contribution < 1.29 is 19.5 Å². The molecule has 0 aromatic rings. The van der Waals surface area contributed by atoms with E-state index in [1.165, 1.54) is 11.9 Å². The van der Waals surface area contributed by atoms with Crippen molar-refractivity contribution in [3.63, 3.8) is 0 Å². The number of carbonyl (C=O) groups is 3. The lowest BCUT2D eigenvalue weighted by Gasteiger charge is -2.20. The zero-order valence-electron chi connectivity index (χ0n) is 10.6. The van der Waals surface area contributed by atoms with Crippen LogP contribution in [0, 0.1) is 0 Å². The van der Waals surface area contributed by atoms with Crippen LogP contribution in [0.4, 0.5) is 4.79 Å². The number of aliphatic carboxylic acids is 1. The second-order valence-corrected chi connectivity index (χ2v) is 4.52. The maximum absolute atomic E-state index is 11.6. The monoisotopic (exact) mass is 257 g/mol. The van der Waals surface area contributed by atoms with Crippen molar-refractivity contribution in [2.24, 2.45) is 0 Å². The third-order valence-corrected chi connectivity index (χ3v) is 2.66. The van der Waals surface area contributed by atoms with Gasteiger partial charge in [0.15, 0.2) is 0 Å². The van der Waals surface area contributed by atoms with Gasteiger partial charge in [-0.25, -0.2) is 4.79 Å². The maximum atomic E-state index is 11.6. The minimum Gasteiger partial charge on any atom is -0.481 e. The third kappa shape index (κ3) is 5.03. The second-order valence-electron chi connectivity index (χ2n) is 4.52. The summed E-state index contributed by atoms with van der Waals surface area (Å²) in [5.74, 6) is -1.17. The van der Waals surface area contributed by atoms with E-state index in [1.807, 2.05) is 0 Å². The number of nitrogens with zero attached hydrogens (tertiary/aromatic N) is 1. The van der Waals surface area contributed by atoms with E-state index in [9.17, 15) is 14.4 Å². The molecule has 1 saturated carbocycles. The molecule has 0 aromatic heterocycles. The smallest absolute Gasteiger partial charge is 0.317 e. The number of amides is 3. The first-order valence-corrected chi connectivity index (χ1v) is 5.94. The fourth-order valence-electron chi connectivity index (χ4n) is 1.28. The van der Waals surface area contributed by atoms with Crippen LogP contribution in [-0.2, 0) is 9.59 Å². The Bertz CT molecular complexity index is 341. The van der Waals surface area contributed by atoms with E-state index in [0.717, 1.165) is 12.8 Å². The molecule has 3 N–H and O–H groups in total. The van der Waals surface area contributed by atoms with E-state index < -0.39 is 18.0 Å². The van der Waals surface area contributed by atoms with E-state index in [2.05, 4.69) is 10.6 Å². The highest BCUT2D eigenvalue weighted by Gasteiger charge is 2.26. The molecule has 18 heavy (non-hydrogen) atoms. The van der Waals surface area contributed by atoms with E-state index in [1.54, 1.807) is 6.92 Å². The van der Waals surface area contributed by atoms with E-state index in [-0.39, 0.29) is 24.9 Å². The predicted octanol–water partition coefficient (Wildman–Crippen LogP) is -0.230. The third-order valence-electron chi connectivity index (χ3n) is 2.66. The highest BCUT2D eigenvalue weighted by molar-refractivity contribution is 5.87. The van der Waals surface area contributed by atoms with Crippen LogP contribution < -0.4 is 10.6 Å². The summed E-state index contributed by atoms with van der Waals surface area (Å²) in [6, 6.07) is -0.818. The number of hydrogen-bond acceptors (Lipinski definition) is 3.